The lowest BCUT2D eigenvalue weighted by Crippen LogP contribution is -2.36. The quantitative estimate of drug-likeness (QED) is 0.832. The first-order chi connectivity index (χ1) is 13.0. The fourth-order valence-corrected chi connectivity index (χ4v) is 3.45. The minimum Gasteiger partial charge on any atom is -0.357 e. The molecule has 1 fully saturated rings. The number of hydrogen-bond donors (Lipinski definition) is 1. The molecule has 1 saturated heterocycles. The van der Waals surface area contributed by atoms with Crippen LogP contribution in [0, 0.1) is 5.92 Å². The smallest absolute Gasteiger partial charge is 0.317 e. The number of pyridine rings is 1. The molecule has 0 radical (unpaired) electrons. The molecule has 0 unspecified atom stereocenters. The molecule has 27 heavy (non-hydrogen) atoms. The van der Waals surface area contributed by atoms with Crippen LogP contribution in [0.5, 0.6) is 0 Å². The molecule has 3 rings (SSSR count). The standard InChI is InChI=1S/C21H27ClN4O/c1-16-8-10-26(11-9-16)20-7-6-18(13-23-20)14-24-21(27)25(2)15-17-4-3-5-19(22)12-17/h3-7,12-13,16H,8-11,14-15H2,1-2H3,(H,24,27). The Labute approximate surface area is 166 Å². The van der Waals surface area contributed by atoms with E-state index in [1.54, 1.807) is 11.9 Å². The molecule has 0 spiro atoms. The molecular formula is C21H27ClN4O. The SMILES string of the molecule is CC1CCN(c2ccc(CNC(=O)N(C)Cc3cccc(Cl)c3)cn2)CC1. The highest BCUT2D eigenvalue weighted by Gasteiger charge is 2.16. The van der Waals surface area contributed by atoms with E-state index in [1.807, 2.05) is 42.6 Å². The number of benzene rings is 1. The molecule has 1 aromatic heterocycles. The zero-order valence-corrected chi connectivity index (χ0v) is 16.7. The van der Waals surface area contributed by atoms with Crippen LogP contribution >= 0.6 is 11.6 Å². The number of amides is 2. The molecule has 2 amide bonds. The van der Waals surface area contributed by atoms with E-state index in [4.69, 9.17) is 11.6 Å². The van der Waals surface area contributed by atoms with Crippen molar-refractivity contribution in [1.82, 2.24) is 15.2 Å². The summed E-state index contributed by atoms with van der Waals surface area (Å²) in [4.78, 5) is 20.9. The predicted molar refractivity (Wildman–Crippen MR) is 110 cm³/mol. The first-order valence-corrected chi connectivity index (χ1v) is 9.82. The third kappa shape index (κ3) is 5.60. The van der Waals surface area contributed by atoms with Gasteiger partial charge in [-0.3, -0.25) is 0 Å². The van der Waals surface area contributed by atoms with Gasteiger partial charge in [-0.1, -0.05) is 36.7 Å². The van der Waals surface area contributed by atoms with E-state index in [0.29, 0.717) is 18.1 Å². The third-order valence-corrected chi connectivity index (χ3v) is 5.25. The van der Waals surface area contributed by atoms with Gasteiger partial charge >= 0.3 is 6.03 Å². The second-order valence-electron chi connectivity index (χ2n) is 7.34. The average Bonchev–Trinajstić information content (AvgIpc) is 2.67. The largest absolute Gasteiger partial charge is 0.357 e. The van der Waals surface area contributed by atoms with Crippen LogP contribution in [-0.4, -0.2) is 36.1 Å². The van der Waals surface area contributed by atoms with E-state index in [-0.39, 0.29) is 6.03 Å². The van der Waals surface area contributed by atoms with Crippen LogP contribution < -0.4 is 10.2 Å². The van der Waals surface area contributed by atoms with E-state index in [9.17, 15) is 4.79 Å². The van der Waals surface area contributed by atoms with Gasteiger partial charge in [0.25, 0.3) is 0 Å². The Balaban J connectivity index is 1.48. The van der Waals surface area contributed by atoms with Crippen molar-refractivity contribution in [2.24, 2.45) is 5.92 Å². The van der Waals surface area contributed by atoms with E-state index in [0.717, 1.165) is 36.0 Å². The Morgan fingerprint density at radius 2 is 2.04 bits per heavy atom. The van der Waals surface area contributed by atoms with Gasteiger partial charge in [0.1, 0.15) is 5.82 Å². The normalized spacial score (nSPS) is 14.9. The summed E-state index contributed by atoms with van der Waals surface area (Å²) in [6.07, 6.45) is 4.29. The second kappa shape index (κ2) is 9.09. The molecule has 5 nitrogen and oxygen atoms in total. The van der Waals surface area contributed by atoms with Crippen molar-refractivity contribution in [1.29, 1.82) is 0 Å². The maximum absolute atomic E-state index is 12.3. The fourth-order valence-electron chi connectivity index (χ4n) is 3.24. The molecule has 0 aliphatic carbocycles. The summed E-state index contributed by atoms with van der Waals surface area (Å²) in [6, 6.07) is 11.5. The number of halogens is 1. The van der Waals surface area contributed by atoms with Gasteiger partial charge in [-0.15, -0.1) is 0 Å². The summed E-state index contributed by atoms with van der Waals surface area (Å²) in [5, 5.41) is 3.62. The van der Waals surface area contributed by atoms with Crippen molar-refractivity contribution < 1.29 is 4.79 Å². The molecule has 0 bridgehead atoms. The monoisotopic (exact) mass is 386 g/mol. The van der Waals surface area contributed by atoms with Gasteiger partial charge < -0.3 is 15.1 Å². The molecule has 2 aromatic rings. The van der Waals surface area contributed by atoms with E-state index in [2.05, 4.69) is 22.1 Å². The van der Waals surface area contributed by atoms with Crippen molar-refractivity contribution in [2.75, 3.05) is 25.0 Å². The molecule has 0 atom stereocenters. The number of hydrogen-bond acceptors (Lipinski definition) is 3. The van der Waals surface area contributed by atoms with Gasteiger partial charge in [0.05, 0.1) is 0 Å². The number of nitrogens with zero attached hydrogens (tertiary/aromatic N) is 3. The summed E-state index contributed by atoms with van der Waals surface area (Å²) < 4.78 is 0. The number of urea groups is 1. The average molecular weight is 387 g/mol. The molecule has 144 valence electrons. The predicted octanol–water partition coefficient (Wildman–Crippen LogP) is 4.31. The zero-order chi connectivity index (χ0) is 19.2. The molecule has 1 aliphatic rings. The molecule has 1 aliphatic heterocycles. The van der Waals surface area contributed by atoms with Gasteiger partial charge in [-0.2, -0.15) is 0 Å². The van der Waals surface area contributed by atoms with Crippen LogP contribution in [-0.2, 0) is 13.1 Å². The first-order valence-electron chi connectivity index (χ1n) is 9.44. The zero-order valence-electron chi connectivity index (χ0n) is 16.0. The van der Waals surface area contributed by atoms with Gasteiger partial charge in [-0.25, -0.2) is 9.78 Å². The minimum absolute atomic E-state index is 0.121. The van der Waals surface area contributed by atoms with Gasteiger partial charge in [-0.05, 0) is 48.1 Å². The van der Waals surface area contributed by atoms with Crippen molar-refractivity contribution in [2.45, 2.75) is 32.9 Å². The van der Waals surface area contributed by atoms with Gasteiger partial charge in [0.2, 0.25) is 0 Å². The Morgan fingerprint density at radius 1 is 1.26 bits per heavy atom. The van der Waals surface area contributed by atoms with Gasteiger partial charge in [0, 0.05) is 44.4 Å². The van der Waals surface area contributed by atoms with E-state index >= 15 is 0 Å². The molecule has 0 saturated carbocycles. The number of anilines is 1. The van der Waals surface area contributed by atoms with Crippen LogP contribution in [0.4, 0.5) is 10.6 Å². The van der Waals surface area contributed by atoms with Crippen LogP contribution in [0.3, 0.4) is 0 Å². The van der Waals surface area contributed by atoms with Crippen LogP contribution in [0.15, 0.2) is 42.6 Å². The summed E-state index contributed by atoms with van der Waals surface area (Å²) >= 11 is 6.00. The van der Waals surface area contributed by atoms with Gasteiger partial charge in [0.15, 0.2) is 0 Å². The molecule has 2 heterocycles. The van der Waals surface area contributed by atoms with Crippen LogP contribution in [0.1, 0.15) is 30.9 Å². The third-order valence-electron chi connectivity index (χ3n) is 5.02. The Bertz CT molecular complexity index is 757. The number of rotatable bonds is 5. The summed E-state index contributed by atoms with van der Waals surface area (Å²) in [6.45, 7) is 5.41. The van der Waals surface area contributed by atoms with Crippen molar-refractivity contribution in [3.8, 4) is 0 Å². The Kier molecular flexibility index (Phi) is 6.56. The van der Waals surface area contributed by atoms with E-state index in [1.165, 1.54) is 12.8 Å². The van der Waals surface area contributed by atoms with Crippen LogP contribution in [0.25, 0.3) is 0 Å². The minimum atomic E-state index is -0.121. The summed E-state index contributed by atoms with van der Waals surface area (Å²) in [7, 11) is 1.77. The van der Waals surface area contributed by atoms with Crippen molar-refractivity contribution in [3.63, 3.8) is 0 Å². The number of nitrogens with one attached hydrogen (secondary N) is 1. The number of piperidine rings is 1. The Morgan fingerprint density at radius 3 is 2.70 bits per heavy atom. The highest BCUT2D eigenvalue weighted by Crippen LogP contribution is 2.21. The van der Waals surface area contributed by atoms with E-state index < -0.39 is 0 Å². The molecule has 1 N–H and O–H groups in total. The lowest BCUT2D eigenvalue weighted by molar-refractivity contribution is 0.206. The number of carbonyl (C=O) groups excluding carboxylic acids is 1. The van der Waals surface area contributed by atoms with Crippen molar-refractivity contribution >= 4 is 23.4 Å². The highest BCUT2D eigenvalue weighted by atomic mass is 35.5. The molecule has 1 aromatic carbocycles. The summed E-state index contributed by atoms with van der Waals surface area (Å²) in [5.41, 5.74) is 2.00. The Hall–Kier alpha value is -2.27. The molecule has 6 heteroatoms. The number of aromatic nitrogens is 1. The number of carbonyl (C=O) groups is 1. The highest BCUT2D eigenvalue weighted by molar-refractivity contribution is 6.30. The summed E-state index contributed by atoms with van der Waals surface area (Å²) in [5.74, 6) is 1.83. The molecular weight excluding hydrogens is 360 g/mol. The van der Waals surface area contributed by atoms with Crippen molar-refractivity contribution in [3.05, 3.63) is 58.7 Å². The lowest BCUT2D eigenvalue weighted by Gasteiger charge is -2.31. The fraction of sp³-hybridized carbons (Fsp3) is 0.429. The maximum atomic E-state index is 12.3. The topological polar surface area (TPSA) is 48.5 Å². The second-order valence-corrected chi connectivity index (χ2v) is 7.78. The first kappa shape index (κ1) is 19.5. The van der Waals surface area contributed by atoms with Crippen LogP contribution in [0.2, 0.25) is 5.02 Å². The maximum Gasteiger partial charge on any atom is 0.317 e. The lowest BCUT2D eigenvalue weighted by atomic mass is 9.99.